The number of aryl methyl sites for hydroxylation is 2. The van der Waals surface area contributed by atoms with Gasteiger partial charge in [0.2, 0.25) is 0 Å². The highest BCUT2D eigenvalue weighted by Gasteiger charge is 2.08. The minimum atomic E-state index is 0.0172. The third kappa shape index (κ3) is 3.08. The van der Waals surface area contributed by atoms with E-state index in [2.05, 4.69) is 5.10 Å². The van der Waals surface area contributed by atoms with Crippen molar-refractivity contribution in [3.05, 3.63) is 52.8 Å². The van der Waals surface area contributed by atoms with E-state index in [1.54, 1.807) is 6.20 Å². The molecule has 0 saturated carbocycles. The summed E-state index contributed by atoms with van der Waals surface area (Å²) in [6.45, 7) is 0. The van der Waals surface area contributed by atoms with Crippen LogP contribution in [0.15, 0.2) is 36.5 Å². The van der Waals surface area contributed by atoms with Crippen LogP contribution in [0.1, 0.15) is 23.7 Å². The van der Waals surface area contributed by atoms with Gasteiger partial charge in [0, 0.05) is 30.0 Å². The van der Waals surface area contributed by atoms with Crippen molar-refractivity contribution in [1.29, 1.82) is 0 Å². The van der Waals surface area contributed by atoms with Crippen LogP contribution >= 0.6 is 11.6 Å². The Bertz CT molecular complexity index is 493. The van der Waals surface area contributed by atoms with E-state index in [9.17, 15) is 0 Å². The van der Waals surface area contributed by atoms with Crippen molar-refractivity contribution in [1.82, 2.24) is 9.78 Å². The van der Waals surface area contributed by atoms with Crippen LogP contribution in [-0.2, 0) is 13.5 Å². The number of hydrogen-bond acceptors (Lipinski definition) is 2. The first-order chi connectivity index (χ1) is 8.16. The maximum Gasteiger partial charge on any atom is 0.0492 e. The average molecular weight is 250 g/mol. The molecule has 3 nitrogen and oxygen atoms in total. The number of nitrogens with zero attached hydrogens (tertiary/aromatic N) is 2. The molecule has 2 N–H and O–H groups in total. The molecular weight excluding hydrogens is 234 g/mol. The Morgan fingerprint density at radius 2 is 2.24 bits per heavy atom. The predicted octanol–water partition coefficient (Wildman–Crippen LogP) is 2.71. The van der Waals surface area contributed by atoms with E-state index in [4.69, 9.17) is 17.3 Å². The summed E-state index contributed by atoms with van der Waals surface area (Å²) in [6, 6.07) is 9.77. The monoisotopic (exact) mass is 249 g/mol. The molecule has 0 bridgehead atoms. The van der Waals surface area contributed by atoms with E-state index in [0.29, 0.717) is 0 Å². The standard InChI is InChI=1S/C13H16ClN3/c1-17-12(7-8-16-17)5-6-13(15)10-3-2-4-11(14)9-10/h2-4,7-9,13H,5-6,15H2,1H3. The zero-order chi connectivity index (χ0) is 12.3. The molecule has 90 valence electrons. The molecule has 0 aliphatic heterocycles. The second-order valence-electron chi connectivity index (χ2n) is 4.15. The first-order valence-electron chi connectivity index (χ1n) is 5.65. The van der Waals surface area contributed by atoms with Crippen LogP contribution < -0.4 is 5.73 Å². The zero-order valence-electron chi connectivity index (χ0n) is 9.81. The van der Waals surface area contributed by atoms with Gasteiger partial charge in [-0.25, -0.2) is 0 Å². The number of nitrogens with two attached hydrogens (primary N) is 1. The minimum absolute atomic E-state index is 0.0172. The van der Waals surface area contributed by atoms with E-state index in [1.807, 2.05) is 42.1 Å². The van der Waals surface area contributed by atoms with Crippen molar-refractivity contribution in [2.75, 3.05) is 0 Å². The van der Waals surface area contributed by atoms with Gasteiger partial charge < -0.3 is 5.73 Å². The topological polar surface area (TPSA) is 43.8 Å². The Kier molecular flexibility index (Phi) is 3.82. The highest BCUT2D eigenvalue weighted by molar-refractivity contribution is 6.30. The van der Waals surface area contributed by atoms with Gasteiger partial charge >= 0.3 is 0 Å². The quantitative estimate of drug-likeness (QED) is 0.906. The van der Waals surface area contributed by atoms with Crippen molar-refractivity contribution in [2.45, 2.75) is 18.9 Å². The van der Waals surface area contributed by atoms with Gasteiger partial charge in [-0.3, -0.25) is 4.68 Å². The van der Waals surface area contributed by atoms with Crippen molar-refractivity contribution in [2.24, 2.45) is 12.8 Å². The summed E-state index contributed by atoms with van der Waals surface area (Å²) in [7, 11) is 1.94. The molecule has 2 aromatic rings. The molecule has 0 aliphatic rings. The molecular formula is C13H16ClN3. The summed E-state index contributed by atoms with van der Waals surface area (Å²) in [6.07, 6.45) is 3.62. The zero-order valence-corrected chi connectivity index (χ0v) is 10.6. The molecule has 0 spiro atoms. The van der Waals surface area contributed by atoms with Crippen LogP contribution in [0.2, 0.25) is 5.02 Å². The number of benzene rings is 1. The Hall–Kier alpha value is -1.32. The summed E-state index contributed by atoms with van der Waals surface area (Å²) in [5.74, 6) is 0. The fourth-order valence-electron chi connectivity index (χ4n) is 1.85. The molecule has 1 heterocycles. The lowest BCUT2D eigenvalue weighted by molar-refractivity contribution is 0.614. The summed E-state index contributed by atoms with van der Waals surface area (Å²) in [4.78, 5) is 0. The fraction of sp³-hybridized carbons (Fsp3) is 0.308. The second-order valence-corrected chi connectivity index (χ2v) is 4.58. The largest absolute Gasteiger partial charge is 0.324 e. The van der Waals surface area contributed by atoms with Gasteiger partial charge in [-0.1, -0.05) is 23.7 Å². The molecule has 1 aromatic heterocycles. The second kappa shape index (κ2) is 5.34. The fourth-order valence-corrected chi connectivity index (χ4v) is 2.05. The van der Waals surface area contributed by atoms with Gasteiger partial charge in [0.25, 0.3) is 0 Å². The van der Waals surface area contributed by atoms with Crippen LogP contribution in [0.25, 0.3) is 0 Å². The van der Waals surface area contributed by atoms with E-state index >= 15 is 0 Å². The van der Waals surface area contributed by atoms with E-state index in [-0.39, 0.29) is 6.04 Å². The molecule has 2 rings (SSSR count). The van der Waals surface area contributed by atoms with Crippen LogP contribution in [0.5, 0.6) is 0 Å². The Morgan fingerprint density at radius 1 is 1.41 bits per heavy atom. The Labute approximate surface area is 106 Å². The van der Waals surface area contributed by atoms with Gasteiger partial charge in [0.15, 0.2) is 0 Å². The Balaban J connectivity index is 1.98. The van der Waals surface area contributed by atoms with Gasteiger partial charge in [-0.05, 0) is 36.6 Å². The van der Waals surface area contributed by atoms with Crippen LogP contribution in [0.3, 0.4) is 0 Å². The normalized spacial score (nSPS) is 12.6. The van der Waals surface area contributed by atoms with Crippen molar-refractivity contribution >= 4 is 11.6 Å². The van der Waals surface area contributed by atoms with Crippen molar-refractivity contribution < 1.29 is 0 Å². The molecule has 0 amide bonds. The lowest BCUT2D eigenvalue weighted by Gasteiger charge is -2.12. The first-order valence-corrected chi connectivity index (χ1v) is 6.02. The molecule has 1 aromatic carbocycles. The maximum absolute atomic E-state index is 6.14. The van der Waals surface area contributed by atoms with E-state index in [1.165, 1.54) is 5.69 Å². The molecule has 0 radical (unpaired) electrons. The van der Waals surface area contributed by atoms with E-state index in [0.717, 1.165) is 23.4 Å². The van der Waals surface area contributed by atoms with Crippen molar-refractivity contribution in [3.63, 3.8) is 0 Å². The molecule has 0 fully saturated rings. The smallest absolute Gasteiger partial charge is 0.0492 e. The van der Waals surface area contributed by atoms with Gasteiger partial charge in [-0.15, -0.1) is 0 Å². The number of hydrogen-bond donors (Lipinski definition) is 1. The summed E-state index contributed by atoms with van der Waals surface area (Å²) in [5.41, 5.74) is 8.42. The van der Waals surface area contributed by atoms with E-state index < -0.39 is 0 Å². The number of halogens is 1. The first kappa shape index (κ1) is 12.1. The predicted molar refractivity (Wildman–Crippen MR) is 69.9 cm³/mol. The average Bonchev–Trinajstić information content (AvgIpc) is 2.72. The third-order valence-electron chi connectivity index (χ3n) is 2.91. The molecule has 1 atom stereocenters. The molecule has 17 heavy (non-hydrogen) atoms. The van der Waals surface area contributed by atoms with Gasteiger partial charge in [-0.2, -0.15) is 5.10 Å². The maximum atomic E-state index is 6.14. The highest BCUT2D eigenvalue weighted by atomic mass is 35.5. The molecule has 0 saturated heterocycles. The van der Waals surface area contributed by atoms with Crippen LogP contribution in [-0.4, -0.2) is 9.78 Å². The molecule has 1 unspecified atom stereocenters. The molecule has 4 heteroatoms. The number of rotatable bonds is 4. The van der Waals surface area contributed by atoms with Crippen molar-refractivity contribution in [3.8, 4) is 0 Å². The third-order valence-corrected chi connectivity index (χ3v) is 3.15. The Morgan fingerprint density at radius 3 is 2.88 bits per heavy atom. The van der Waals surface area contributed by atoms with Crippen LogP contribution in [0.4, 0.5) is 0 Å². The lowest BCUT2D eigenvalue weighted by atomic mass is 10.0. The minimum Gasteiger partial charge on any atom is -0.324 e. The van der Waals surface area contributed by atoms with Gasteiger partial charge in [0.05, 0.1) is 0 Å². The van der Waals surface area contributed by atoms with Gasteiger partial charge in [0.1, 0.15) is 0 Å². The number of aromatic nitrogens is 2. The van der Waals surface area contributed by atoms with Crippen LogP contribution in [0, 0.1) is 0 Å². The molecule has 0 aliphatic carbocycles. The highest BCUT2D eigenvalue weighted by Crippen LogP contribution is 2.19. The lowest BCUT2D eigenvalue weighted by Crippen LogP contribution is -2.12. The summed E-state index contributed by atoms with van der Waals surface area (Å²) >= 11 is 5.94. The summed E-state index contributed by atoms with van der Waals surface area (Å²) < 4.78 is 1.88. The SMILES string of the molecule is Cn1nccc1CCC(N)c1cccc(Cl)c1. The summed E-state index contributed by atoms with van der Waals surface area (Å²) in [5, 5.41) is 4.87.